The second-order valence-electron chi connectivity index (χ2n) is 5.88. The first-order chi connectivity index (χ1) is 11.1. The molecule has 6 nitrogen and oxygen atoms in total. The van der Waals surface area contributed by atoms with Crippen molar-refractivity contribution in [3.63, 3.8) is 0 Å². The number of aromatic nitrogens is 3. The van der Waals surface area contributed by atoms with Gasteiger partial charge in [-0.3, -0.25) is 4.79 Å². The van der Waals surface area contributed by atoms with Gasteiger partial charge in [0.15, 0.2) is 5.69 Å². The van der Waals surface area contributed by atoms with Crippen LogP contribution in [0.1, 0.15) is 35.9 Å². The number of hydrogen-bond acceptors (Lipinski definition) is 4. The number of halogens is 1. The van der Waals surface area contributed by atoms with E-state index in [0.717, 1.165) is 35.2 Å². The Balaban J connectivity index is 1.80. The van der Waals surface area contributed by atoms with Crippen LogP contribution in [0, 0.1) is 6.92 Å². The highest BCUT2D eigenvalue weighted by atomic mass is 79.9. The third-order valence-corrected chi connectivity index (χ3v) is 4.73. The Hall–Kier alpha value is -1.73. The predicted molar refractivity (Wildman–Crippen MR) is 91.7 cm³/mol. The molecule has 2 atom stereocenters. The predicted octanol–water partition coefficient (Wildman–Crippen LogP) is 2.21. The van der Waals surface area contributed by atoms with Gasteiger partial charge in [-0.15, -0.1) is 5.10 Å². The molecule has 1 fully saturated rings. The molecule has 2 aromatic rings. The fourth-order valence-corrected chi connectivity index (χ4v) is 3.26. The minimum absolute atomic E-state index is 0.131. The van der Waals surface area contributed by atoms with Gasteiger partial charge in [-0.1, -0.05) is 27.2 Å². The lowest BCUT2D eigenvalue weighted by molar-refractivity contribution is 0.0914. The Morgan fingerprint density at radius 2 is 2.30 bits per heavy atom. The van der Waals surface area contributed by atoms with Gasteiger partial charge in [0.2, 0.25) is 0 Å². The first kappa shape index (κ1) is 16.1. The second kappa shape index (κ2) is 6.80. The number of piperidine rings is 1. The van der Waals surface area contributed by atoms with Gasteiger partial charge >= 0.3 is 0 Å². The number of hydrogen-bond donors (Lipinski definition) is 2. The van der Waals surface area contributed by atoms with Crippen LogP contribution < -0.4 is 10.6 Å². The first-order valence-electron chi connectivity index (χ1n) is 7.79. The molecule has 0 radical (unpaired) electrons. The summed E-state index contributed by atoms with van der Waals surface area (Å²) in [6.07, 6.45) is 2.05. The van der Waals surface area contributed by atoms with Crippen molar-refractivity contribution in [3.05, 3.63) is 40.1 Å². The van der Waals surface area contributed by atoms with E-state index in [1.165, 1.54) is 0 Å². The molecule has 1 aliphatic heterocycles. The smallest absolute Gasteiger partial charge is 0.274 e. The molecule has 0 bridgehead atoms. The average molecular weight is 378 g/mol. The molecule has 2 heterocycles. The number of nitrogens with zero attached hydrogens (tertiary/aromatic N) is 3. The van der Waals surface area contributed by atoms with Gasteiger partial charge in [0.1, 0.15) is 0 Å². The molecule has 1 aromatic carbocycles. The van der Waals surface area contributed by atoms with E-state index in [2.05, 4.69) is 43.8 Å². The first-order valence-corrected chi connectivity index (χ1v) is 8.58. The van der Waals surface area contributed by atoms with Gasteiger partial charge in [0.05, 0.1) is 11.4 Å². The molecule has 1 amide bonds. The normalized spacial score (nSPS) is 21.2. The highest BCUT2D eigenvalue weighted by molar-refractivity contribution is 9.10. The standard InChI is InChI=1S/C16H20BrN5O/c1-10-14(7-4-8-18-10)19-16(23)15-11(2)22(21-20-15)13-6-3-5-12(17)9-13/h3,5-6,9-10,14,18H,4,7-8H2,1-2H3,(H,19,23). The van der Waals surface area contributed by atoms with E-state index in [1.807, 2.05) is 31.2 Å². The van der Waals surface area contributed by atoms with Crippen LogP contribution in [0.3, 0.4) is 0 Å². The number of benzene rings is 1. The fourth-order valence-electron chi connectivity index (χ4n) is 2.87. The Labute approximate surface area is 143 Å². The third-order valence-electron chi connectivity index (χ3n) is 4.24. The lowest BCUT2D eigenvalue weighted by atomic mass is 10.00. The van der Waals surface area contributed by atoms with Crippen molar-refractivity contribution in [2.45, 2.75) is 38.8 Å². The number of rotatable bonds is 3. The molecule has 3 rings (SSSR count). The molecule has 23 heavy (non-hydrogen) atoms. The van der Waals surface area contributed by atoms with E-state index < -0.39 is 0 Å². The van der Waals surface area contributed by atoms with Gasteiger partial charge in [-0.05, 0) is 51.4 Å². The van der Waals surface area contributed by atoms with E-state index in [4.69, 9.17) is 0 Å². The molecule has 1 saturated heterocycles. The largest absolute Gasteiger partial charge is 0.346 e. The summed E-state index contributed by atoms with van der Waals surface area (Å²) in [5.74, 6) is -0.163. The van der Waals surface area contributed by atoms with Crippen LogP contribution in [0.5, 0.6) is 0 Å². The molecular weight excluding hydrogens is 358 g/mol. The lowest BCUT2D eigenvalue weighted by Crippen LogP contribution is -2.52. The zero-order chi connectivity index (χ0) is 16.4. The van der Waals surface area contributed by atoms with Gasteiger partial charge in [-0.25, -0.2) is 4.68 Å². The monoisotopic (exact) mass is 377 g/mol. The van der Waals surface area contributed by atoms with Crippen molar-refractivity contribution in [2.75, 3.05) is 6.54 Å². The maximum absolute atomic E-state index is 12.5. The molecular formula is C16H20BrN5O. The molecule has 0 aliphatic carbocycles. The zero-order valence-electron chi connectivity index (χ0n) is 13.2. The average Bonchev–Trinajstić information content (AvgIpc) is 2.91. The Kier molecular flexibility index (Phi) is 4.77. The SMILES string of the molecule is Cc1c(C(=O)NC2CCCNC2C)nnn1-c1cccc(Br)c1. The van der Waals surface area contributed by atoms with Crippen LogP contribution in [0.15, 0.2) is 28.7 Å². The van der Waals surface area contributed by atoms with Crippen molar-refractivity contribution in [1.82, 2.24) is 25.6 Å². The summed E-state index contributed by atoms with van der Waals surface area (Å²) >= 11 is 3.44. The molecule has 1 aliphatic rings. The summed E-state index contributed by atoms with van der Waals surface area (Å²) in [7, 11) is 0. The van der Waals surface area contributed by atoms with Crippen LogP contribution in [0.25, 0.3) is 5.69 Å². The maximum atomic E-state index is 12.5. The van der Waals surface area contributed by atoms with Gasteiger partial charge in [0, 0.05) is 16.6 Å². The van der Waals surface area contributed by atoms with E-state index in [1.54, 1.807) is 4.68 Å². The summed E-state index contributed by atoms with van der Waals surface area (Å²) < 4.78 is 2.64. The van der Waals surface area contributed by atoms with E-state index in [-0.39, 0.29) is 18.0 Å². The molecule has 0 saturated carbocycles. The quantitative estimate of drug-likeness (QED) is 0.859. The molecule has 7 heteroatoms. The third kappa shape index (κ3) is 3.45. The van der Waals surface area contributed by atoms with Crippen molar-refractivity contribution < 1.29 is 4.79 Å². The lowest BCUT2D eigenvalue weighted by Gasteiger charge is -2.30. The molecule has 1 aromatic heterocycles. The minimum atomic E-state index is -0.163. The number of amides is 1. The Morgan fingerprint density at radius 3 is 3.04 bits per heavy atom. The van der Waals surface area contributed by atoms with Gasteiger partial charge in [0.25, 0.3) is 5.91 Å². The highest BCUT2D eigenvalue weighted by Gasteiger charge is 2.25. The molecule has 122 valence electrons. The molecule has 0 spiro atoms. The second-order valence-corrected chi connectivity index (χ2v) is 6.80. The Bertz CT molecular complexity index is 714. The molecule has 2 unspecified atom stereocenters. The van der Waals surface area contributed by atoms with Gasteiger partial charge < -0.3 is 10.6 Å². The van der Waals surface area contributed by atoms with Crippen molar-refractivity contribution >= 4 is 21.8 Å². The van der Waals surface area contributed by atoms with Crippen LogP contribution in [-0.2, 0) is 0 Å². The fraction of sp³-hybridized carbons (Fsp3) is 0.438. The maximum Gasteiger partial charge on any atom is 0.274 e. The highest BCUT2D eigenvalue weighted by Crippen LogP contribution is 2.17. The number of carbonyl (C=O) groups is 1. The number of nitrogens with one attached hydrogen (secondary N) is 2. The Morgan fingerprint density at radius 1 is 1.48 bits per heavy atom. The summed E-state index contributed by atoms with van der Waals surface area (Å²) in [6.45, 7) is 4.96. The van der Waals surface area contributed by atoms with E-state index >= 15 is 0 Å². The van der Waals surface area contributed by atoms with Crippen molar-refractivity contribution in [2.24, 2.45) is 0 Å². The van der Waals surface area contributed by atoms with Crippen molar-refractivity contribution in [1.29, 1.82) is 0 Å². The zero-order valence-corrected chi connectivity index (χ0v) is 14.8. The van der Waals surface area contributed by atoms with Crippen LogP contribution in [-0.4, -0.2) is 39.5 Å². The topological polar surface area (TPSA) is 71.8 Å². The van der Waals surface area contributed by atoms with E-state index in [0.29, 0.717) is 5.69 Å². The summed E-state index contributed by atoms with van der Waals surface area (Å²) in [5.41, 5.74) is 1.98. The van der Waals surface area contributed by atoms with Crippen LogP contribution >= 0.6 is 15.9 Å². The molecule has 2 N–H and O–H groups in total. The van der Waals surface area contributed by atoms with Crippen LogP contribution in [0.4, 0.5) is 0 Å². The van der Waals surface area contributed by atoms with Gasteiger partial charge in [-0.2, -0.15) is 0 Å². The summed E-state index contributed by atoms with van der Waals surface area (Å²) in [4.78, 5) is 12.5. The minimum Gasteiger partial charge on any atom is -0.346 e. The van der Waals surface area contributed by atoms with Crippen LogP contribution in [0.2, 0.25) is 0 Å². The van der Waals surface area contributed by atoms with Crippen molar-refractivity contribution in [3.8, 4) is 5.69 Å². The van der Waals surface area contributed by atoms with E-state index in [9.17, 15) is 4.79 Å². The summed E-state index contributed by atoms with van der Waals surface area (Å²) in [5, 5.41) is 14.7. The summed E-state index contributed by atoms with van der Waals surface area (Å²) in [6, 6.07) is 8.15. The number of carbonyl (C=O) groups excluding carboxylic acids is 1.